The molecule has 1 heterocycles. The Morgan fingerprint density at radius 2 is 1.89 bits per heavy atom. The molecule has 2 aromatic rings. The van der Waals surface area contributed by atoms with Crippen molar-refractivity contribution in [1.29, 1.82) is 0 Å². The van der Waals surface area contributed by atoms with Gasteiger partial charge in [-0.1, -0.05) is 52.0 Å². The third-order valence-electron chi connectivity index (χ3n) is 3.26. The number of hydrogen-bond acceptors (Lipinski definition) is 2. The quantitative estimate of drug-likeness (QED) is 0.848. The van der Waals surface area contributed by atoms with Gasteiger partial charge in [0.25, 0.3) is 0 Å². The summed E-state index contributed by atoms with van der Waals surface area (Å²) in [6, 6.07) is 8.44. The summed E-state index contributed by atoms with van der Waals surface area (Å²) in [7, 11) is 0. The zero-order chi connectivity index (χ0) is 13.3. The van der Waals surface area contributed by atoms with E-state index < -0.39 is 0 Å². The molecule has 0 amide bonds. The molecular weight excluding hydrogens is 222 g/mol. The first kappa shape index (κ1) is 12.7. The molecule has 0 unspecified atom stereocenters. The molecule has 18 heavy (non-hydrogen) atoms. The van der Waals surface area contributed by atoms with Gasteiger partial charge in [-0.05, 0) is 17.4 Å². The molecule has 1 aromatic carbocycles. The first-order valence-corrected chi connectivity index (χ1v) is 6.37. The van der Waals surface area contributed by atoms with Crippen molar-refractivity contribution in [3.05, 3.63) is 35.4 Å². The Bertz CT molecular complexity index is 547. The molecule has 1 aromatic heterocycles. The van der Waals surface area contributed by atoms with E-state index in [9.17, 15) is 0 Å². The highest BCUT2D eigenvalue weighted by atomic mass is 15.2. The minimum absolute atomic E-state index is 0.0987. The highest BCUT2D eigenvalue weighted by molar-refractivity contribution is 5.71. The number of nitrogens with zero attached hydrogens (tertiary/aromatic N) is 1. The molecule has 0 radical (unpaired) electrons. The van der Waals surface area contributed by atoms with Gasteiger partial charge < -0.3 is 5.73 Å². The van der Waals surface area contributed by atoms with Crippen LogP contribution in [0.5, 0.6) is 0 Å². The van der Waals surface area contributed by atoms with Crippen molar-refractivity contribution in [1.82, 2.24) is 10.2 Å². The van der Waals surface area contributed by atoms with Gasteiger partial charge in [-0.3, -0.25) is 5.10 Å². The molecule has 3 heteroatoms. The zero-order valence-electron chi connectivity index (χ0n) is 11.5. The van der Waals surface area contributed by atoms with Gasteiger partial charge in [0.05, 0.1) is 5.69 Å². The second-order valence-electron chi connectivity index (χ2n) is 5.61. The fourth-order valence-electron chi connectivity index (χ4n) is 2.31. The van der Waals surface area contributed by atoms with Crippen LogP contribution in [0.1, 0.15) is 38.8 Å². The van der Waals surface area contributed by atoms with Crippen molar-refractivity contribution in [2.24, 2.45) is 0 Å². The van der Waals surface area contributed by atoms with Crippen LogP contribution in [0.3, 0.4) is 0 Å². The van der Waals surface area contributed by atoms with Crippen LogP contribution in [0.4, 0.5) is 5.82 Å². The van der Waals surface area contributed by atoms with Gasteiger partial charge in [-0.2, -0.15) is 5.10 Å². The van der Waals surface area contributed by atoms with Crippen LogP contribution in [0.15, 0.2) is 24.3 Å². The van der Waals surface area contributed by atoms with Crippen LogP contribution < -0.4 is 5.73 Å². The van der Waals surface area contributed by atoms with Crippen LogP contribution in [0, 0.1) is 0 Å². The lowest BCUT2D eigenvalue weighted by Crippen LogP contribution is -2.13. The number of aromatic nitrogens is 2. The summed E-state index contributed by atoms with van der Waals surface area (Å²) >= 11 is 0. The maximum atomic E-state index is 5.91. The first-order valence-electron chi connectivity index (χ1n) is 6.37. The van der Waals surface area contributed by atoms with Gasteiger partial charge in [0.2, 0.25) is 0 Å². The van der Waals surface area contributed by atoms with E-state index in [0.717, 1.165) is 17.7 Å². The van der Waals surface area contributed by atoms with Crippen molar-refractivity contribution in [3.8, 4) is 11.3 Å². The molecule has 0 aliphatic rings. The molecule has 2 rings (SSSR count). The minimum Gasteiger partial charge on any atom is -0.382 e. The van der Waals surface area contributed by atoms with E-state index in [1.807, 2.05) is 0 Å². The Labute approximate surface area is 108 Å². The number of H-pyrrole nitrogens is 1. The lowest BCUT2D eigenvalue weighted by Gasteiger charge is -2.22. The Kier molecular flexibility index (Phi) is 3.16. The average molecular weight is 243 g/mol. The molecule has 0 aliphatic carbocycles. The molecule has 0 aliphatic heterocycles. The van der Waals surface area contributed by atoms with Crippen LogP contribution in [0.25, 0.3) is 11.3 Å². The van der Waals surface area contributed by atoms with E-state index in [2.05, 4.69) is 62.2 Å². The SMILES string of the molecule is CCc1c(N)n[nH]c1-c1ccccc1C(C)(C)C. The first-order chi connectivity index (χ1) is 8.45. The van der Waals surface area contributed by atoms with Crippen LogP contribution in [0.2, 0.25) is 0 Å². The molecule has 0 saturated heterocycles. The Balaban J connectivity index is 2.64. The molecule has 0 fully saturated rings. The van der Waals surface area contributed by atoms with Crippen LogP contribution in [-0.2, 0) is 11.8 Å². The summed E-state index contributed by atoms with van der Waals surface area (Å²) in [6.45, 7) is 8.76. The van der Waals surface area contributed by atoms with E-state index in [4.69, 9.17) is 5.73 Å². The van der Waals surface area contributed by atoms with Crippen molar-refractivity contribution >= 4 is 5.82 Å². The number of hydrogen-bond donors (Lipinski definition) is 2. The molecular formula is C15H21N3. The smallest absolute Gasteiger partial charge is 0.149 e. The van der Waals surface area contributed by atoms with E-state index >= 15 is 0 Å². The van der Waals surface area contributed by atoms with Gasteiger partial charge in [0.1, 0.15) is 5.82 Å². The van der Waals surface area contributed by atoms with Gasteiger partial charge >= 0.3 is 0 Å². The number of benzene rings is 1. The number of nitrogens with one attached hydrogen (secondary N) is 1. The Morgan fingerprint density at radius 3 is 2.50 bits per heavy atom. The standard InChI is InChI=1S/C15H21N3/c1-5-10-13(17-18-14(10)16)11-8-6-7-9-12(11)15(2,3)4/h6-9H,5H2,1-4H3,(H3,16,17,18). The van der Waals surface area contributed by atoms with Crippen molar-refractivity contribution in [2.75, 3.05) is 5.73 Å². The molecule has 0 bridgehead atoms. The zero-order valence-corrected chi connectivity index (χ0v) is 11.5. The topological polar surface area (TPSA) is 54.7 Å². The van der Waals surface area contributed by atoms with Gasteiger partial charge in [-0.25, -0.2) is 0 Å². The second kappa shape index (κ2) is 4.48. The summed E-state index contributed by atoms with van der Waals surface area (Å²) < 4.78 is 0. The molecule has 3 N–H and O–H groups in total. The van der Waals surface area contributed by atoms with Gasteiger partial charge in [0.15, 0.2) is 0 Å². The summed E-state index contributed by atoms with van der Waals surface area (Å²) in [4.78, 5) is 0. The molecule has 0 atom stereocenters. The Hall–Kier alpha value is -1.77. The van der Waals surface area contributed by atoms with Crippen LogP contribution in [-0.4, -0.2) is 10.2 Å². The number of anilines is 1. The monoisotopic (exact) mass is 243 g/mol. The molecule has 0 saturated carbocycles. The highest BCUT2D eigenvalue weighted by Gasteiger charge is 2.21. The van der Waals surface area contributed by atoms with E-state index in [1.165, 1.54) is 11.1 Å². The summed E-state index contributed by atoms with van der Waals surface area (Å²) in [5.41, 5.74) is 10.7. The number of nitrogens with two attached hydrogens (primary N) is 1. The summed E-state index contributed by atoms with van der Waals surface area (Å²) in [6.07, 6.45) is 0.885. The second-order valence-corrected chi connectivity index (χ2v) is 5.61. The van der Waals surface area contributed by atoms with E-state index in [-0.39, 0.29) is 5.41 Å². The van der Waals surface area contributed by atoms with E-state index in [0.29, 0.717) is 5.82 Å². The lowest BCUT2D eigenvalue weighted by molar-refractivity contribution is 0.591. The van der Waals surface area contributed by atoms with Crippen molar-refractivity contribution < 1.29 is 0 Å². The normalized spacial score (nSPS) is 11.8. The van der Waals surface area contributed by atoms with E-state index in [1.54, 1.807) is 0 Å². The fraction of sp³-hybridized carbons (Fsp3) is 0.400. The molecule has 0 spiro atoms. The number of aromatic amines is 1. The van der Waals surface area contributed by atoms with Gasteiger partial charge in [-0.15, -0.1) is 0 Å². The summed E-state index contributed by atoms with van der Waals surface area (Å²) in [5.74, 6) is 0.608. The number of rotatable bonds is 2. The van der Waals surface area contributed by atoms with Crippen LogP contribution >= 0.6 is 0 Å². The highest BCUT2D eigenvalue weighted by Crippen LogP contribution is 2.34. The fourth-order valence-corrected chi connectivity index (χ4v) is 2.31. The minimum atomic E-state index is 0.0987. The third kappa shape index (κ3) is 2.13. The van der Waals surface area contributed by atoms with Crippen molar-refractivity contribution in [2.45, 2.75) is 39.5 Å². The maximum absolute atomic E-state index is 5.91. The largest absolute Gasteiger partial charge is 0.382 e. The average Bonchev–Trinajstić information content (AvgIpc) is 2.69. The number of nitrogen functional groups attached to an aromatic ring is 1. The maximum Gasteiger partial charge on any atom is 0.149 e. The Morgan fingerprint density at radius 1 is 1.22 bits per heavy atom. The predicted octanol–water partition coefficient (Wildman–Crippen LogP) is 3.52. The molecule has 3 nitrogen and oxygen atoms in total. The predicted molar refractivity (Wildman–Crippen MR) is 76.5 cm³/mol. The van der Waals surface area contributed by atoms with Gasteiger partial charge in [0, 0.05) is 11.1 Å². The molecule has 96 valence electrons. The lowest BCUT2D eigenvalue weighted by atomic mass is 9.82. The summed E-state index contributed by atoms with van der Waals surface area (Å²) in [5, 5.41) is 7.22. The third-order valence-corrected chi connectivity index (χ3v) is 3.26. The van der Waals surface area contributed by atoms with Crippen molar-refractivity contribution in [3.63, 3.8) is 0 Å².